The Balaban J connectivity index is 1.74. The van der Waals surface area contributed by atoms with E-state index >= 15 is 0 Å². The number of rotatable bonds is 3. The zero-order chi connectivity index (χ0) is 16.5. The number of pyridine rings is 1. The van der Waals surface area contributed by atoms with E-state index in [4.69, 9.17) is 8.94 Å². The topological polar surface area (TPSA) is 81.2 Å². The molecule has 4 rings (SSSR count). The van der Waals surface area contributed by atoms with Gasteiger partial charge in [-0.1, -0.05) is 23.4 Å². The number of hydrogen-bond acceptors (Lipinski definition) is 5. The molecule has 0 aliphatic rings. The Bertz CT molecular complexity index is 1010. The van der Waals surface area contributed by atoms with Crippen molar-refractivity contribution in [1.82, 2.24) is 10.1 Å². The van der Waals surface area contributed by atoms with Crippen LogP contribution in [0.15, 0.2) is 63.9 Å². The molecule has 0 bridgehead atoms. The van der Waals surface area contributed by atoms with Gasteiger partial charge < -0.3 is 14.3 Å². The molecule has 0 radical (unpaired) electrons. The molecule has 118 valence electrons. The van der Waals surface area contributed by atoms with E-state index in [2.05, 4.69) is 15.5 Å². The molecule has 3 heterocycles. The minimum Gasteiger partial charge on any atom is -0.463 e. The van der Waals surface area contributed by atoms with E-state index in [0.29, 0.717) is 28.5 Å². The standard InChI is InChI=1S/C18H13N3O3/c1-11-15(17(21-24-11)14-8-4-10-23-14)18(22)20-13-7-2-5-12-6-3-9-19-16(12)13/h2-10H,1H3,(H,20,22). The van der Waals surface area contributed by atoms with Crippen LogP contribution in [0.4, 0.5) is 5.69 Å². The highest BCUT2D eigenvalue weighted by molar-refractivity contribution is 6.11. The highest BCUT2D eigenvalue weighted by Gasteiger charge is 2.23. The fourth-order valence-electron chi connectivity index (χ4n) is 2.61. The number of anilines is 1. The third kappa shape index (κ3) is 2.34. The smallest absolute Gasteiger partial charge is 0.261 e. The Hall–Kier alpha value is -3.41. The molecule has 6 nitrogen and oxygen atoms in total. The van der Waals surface area contributed by atoms with Crippen molar-refractivity contribution in [1.29, 1.82) is 0 Å². The Labute approximate surface area is 137 Å². The first-order valence-electron chi connectivity index (χ1n) is 7.39. The number of carbonyl (C=O) groups excluding carboxylic acids is 1. The van der Waals surface area contributed by atoms with Gasteiger partial charge in [-0.3, -0.25) is 9.78 Å². The van der Waals surface area contributed by atoms with Crippen LogP contribution in [0.2, 0.25) is 0 Å². The van der Waals surface area contributed by atoms with E-state index in [9.17, 15) is 4.79 Å². The van der Waals surface area contributed by atoms with Crippen molar-refractivity contribution in [3.8, 4) is 11.5 Å². The van der Waals surface area contributed by atoms with E-state index in [0.717, 1.165) is 10.9 Å². The average Bonchev–Trinajstić information content (AvgIpc) is 3.24. The molecule has 0 atom stereocenters. The Morgan fingerprint density at radius 2 is 2.00 bits per heavy atom. The molecule has 0 saturated heterocycles. The van der Waals surface area contributed by atoms with Gasteiger partial charge in [0.2, 0.25) is 0 Å². The number of amides is 1. The zero-order valence-corrected chi connectivity index (χ0v) is 12.8. The molecule has 24 heavy (non-hydrogen) atoms. The second-order valence-corrected chi connectivity index (χ2v) is 5.27. The average molecular weight is 319 g/mol. The molecule has 0 aliphatic carbocycles. The van der Waals surface area contributed by atoms with Crippen molar-refractivity contribution in [3.63, 3.8) is 0 Å². The van der Waals surface area contributed by atoms with Crippen LogP contribution in [-0.2, 0) is 0 Å². The molecule has 4 aromatic rings. The third-order valence-corrected chi connectivity index (χ3v) is 3.73. The fraction of sp³-hybridized carbons (Fsp3) is 0.0556. The Morgan fingerprint density at radius 1 is 1.12 bits per heavy atom. The molecule has 1 aromatic carbocycles. The van der Waals surface area contributed by atoms with Gasteiger partial charge in [0, 0.05) is 11.6 Å². The quantitative estimate of drug-likeness (QED) is 0.616. The molecule has 3 aromatic heterocycles. The van der Waals surface area contributed by atoms with Gasteiger partial charge in [-0.25, -0.2) is 0 Å². The second-order valence-electron chi connectivity index (χ2n) is 5.27. The molecule has 0 saturated carbocycles. The van der Waals surface area contributed by atoms with Crippen molar-refractivity contribution in [2.24, 2.45) is 0 Å². The van der Waals surface area contributed by atoms with Gasteiger partial charge >= 0.3 is 0 Å². The van der Waals surface area contributed by atoms with Crippen LogP contribution in [-0.4, -0.2) is 16.0 Å². The molecule has 1 amide bonds. The highest BCUT2D eigenvalue weighted by Crippen LogP contribution is 2.27. The number of aryl methyl sites for hydroxylation is 1. The predicted octanol–water partition coefficient (Wildman–Crippen LogP) is 4.04. The van der Waals surface area contributed by atoms with Gasteiger partial charge in [-0.05, 0) is 31.2 Å². The SMILES string of the molecule is Cc1onc(-c2ccco2)c1C(=O)Nc1cccc2cccnc12. The zero-order valence-electron chi connectivity index (χ0n) is 12.8. The van der Waals surface area contributed by atoms with Gasteiger partial charge in [0.15, 0.2) is 11.5 Å². The van der Waals surface area contributed by atoms with Crippen LogP contribution in [0.5, 0.6) is 0 Å². The van der Waals surface area contributed by atoms with Crippen molar-refractivity contribution in [2.45, 2.75) is 6.92 Å². The van der Waals surface area contributed by atoms with Gasteiger partial charge in [0.05, 0.1) is 17.5 Å². The van der Waals surface area contributed by atoms with Crippen molar-refractivity contribution < 1.29 is 13.7 Å². The Kier molecular flexibility index (Phi) is 3.35. The maximum atomic E-state index is 12.8. The van der Waals surface area contributed by atoms with E-state index in [-0.39, 0.29) is 5.91 Å². The van der Waals surface area contributed by atoms with E-state index in [1.54, 1.807) is 25.3 Å². The summed E-state index contributed by atoms with van der Waals surface area (Å²) in [6, 6.07) is 12.9. The summed E-state index contributed by atoms with van der Waals surface area (Å²) < 4.78 is 10.5. The highest BCUT2D eigenvalue weighted by atomic mass is 16.5. The molecular formula is C18H13N3O3. The molecule has 6 heteroatoms. The number of carbonyl (C=O) groups is 1. The minimum atomic E-state index is -0.321. The maximum absolute atomic E-state index is 12.8. The number of nitrogens with zero attached hydrogens (tertiary/aromatic N) is 2. The Morgan fingerprint density at radius 3 is 2.83 bits per heavy atom. The monoisotopic (exact) mass is 319 g/mol. The molecule has 0 fully saturated rings. The summed E-state index contributed by atoms with van der Waals surface area (Å²) in [4.78, 5) is 17.1. The summed E-state index contributed by atoms with van der Waals surface area (Å²) in [5, 5.41) is 7.77. The summed E-state index contributed by atoms with van der Waals surface area (Å²) in [7, 11) is 0. The van der Waals surface area contributed by atoms with E-state index < -0.39 is 0 Å². The number of nitrogens with one attached hydrogen (secondary N) is 1. The maximum Gasteiger partial charge on any atom is 0.261 e. The second kappa shape index (κ2) is 5.66. The lowest BCUT2D eigenvalue weighted by Gasteiger charge is -2.07. The number of furan rings is 1. The van der Waals surface area contributed by atoms with Crippen LogP contribution in [0.1, 0.15) is 16.1 Å². The van der Waals surface area contributed by atoms with Crippen LogP contribution in [0, 0.1) is 6.92 Å². The molecule has 0 spiro atoms. The van der Waals surface area contributed by atoms with Gasteiger partial charge in [-0.2, -0.15) is 0 Å². The lowest BCUT2D eigenvalue weighted by molar-refractivity contribution is 0.102. The largest absolute Gasteiger partial charge is 0.463 e. The number of aromatic nitrogens is 2. The van der Waals surface area contributed by atoms with Gasteiger partial charge in [0.25, 0.3) is 5.91 Å². The molecule has 1 N–H and O–H groups in total. The minimum absolute atomic E-state index is 0.321. The number of benzene rings is 1. The van der Waals surface area contributed by atoms with Crippen molar-refractivity contribution >= 4 is 22.5 Å². The predicted molar refractivity (Wildman–Crippen MR) is 88.6 cm³/mol. The summed E-state index contributed by atoms with van der Waals surface area (Å²) in [5.74, 6) is 0.582. The molecule has 0 unspecified atom stereocenters. The van der Waals surface area contributed by atoms with Crippen LogP contribution in [0.25, 0.3) is 22.4 Å². The van der Waals surface area contributed by atoms with E-state index in [1.165, 1.54) is 6.26 Å². The number of hydrogen-bond donors (Lipinski definition) is 1. The van der Waals surface area contributed by atoms with Crippen LogP contribution in [0.3, 0.4) is 0 Å². The van der Waals surface area contributed by atoms with Gasteiger partial charge in [0.1, 0.15) is 11.3 Å². The first kappa shape index (κ1) is 14.2. The number of fused-ring (bicyclic) bond motifs is 1. The normalized spacial score (nSPS) is 10.9. The number of para-hydroxylation sites is 1. The van der Waals surface area contributed by atoms with Crippen molar-refractivity contribution in [3.05, 3.63) is 66.2 Å². The third-order valence-electron chi connectivity index (χ3n) is 3.73. The van der Waals surface area contributed by atoms with Crippen molar-refractivity contribution in [2.75, 3.05) is 5.32 Å². The first-order valence-corrected chi connectivity index (χ1v) is 7.39. The van der Waals surface area contributed by atoms with Gasteiger partial charge in [-0.15, -0.1) is 0 Å². The molecule has 0 aliphatic heterocycles. The lowest BCUT2D eigenvalue weighted by atomic mass is 10.1. The molecular weight excluding hydrogens is 306 g/mol. The van der Waals surface area contributed by atoms with Crippen LogP contribution < -0.4 is 5.32 Å². The lowest BCUT2D eigenvalue weighted by Crippen LogP contribution is -2.14. The van der Waals surface area contributed by atoms with Crippen LogP contribution >= 0.6 is 0 Å². The summed E-state index contributed by atoms with van der Waals surface area (Å²) in [5.41, 5.74) is 2.08. The summed E-state index contributed by atoms with van der Waals surface area (Å²) in [6.07, 6.45) is 3.21. The fourth-order valence-corrected chi connectivity index (χ4v) is 2.61. The summed E-state index contributed by atoms with van der Waals surface area (Å²) >= 11 is 0. The first-order chi connectivity index (χ1) is 11.7. The summed E-state index contributed by atoms with van der Waals surface area (Å²) in [6.45, 7) is 1.69. The van der Waals surface area contributed by atoms with E-state index in [1.807, 2.05) is 30.3 Å².